The summed E-state index contributed by atoms with van der Waals surface area (Å²) in [6.07, 6.45) is 0. The number of phenols is 1. The molecule has 0 radical (unpaired) electrons. The normalized spacial score (nSPS) is 24.7. The zero-order valence-electron chi connectivity index (χ0n) is 10.2. The van der Waals surface area contributed by atoms with Crippen LogP contribution in [0.5, 0.6) is 5.75 Å². The predicted molar refractivity (Wildman–Crippen MR) is 66.1 cm³/mol. The molecule has 0 spiro atoms. The molecule has 1 aliphatic heterocycles. The van der Waals surface area contributed by atoms with E-state index in [1.54, 1.807) is 18.2 Å². The highest BCUT2D eigenvalue weighted by atomic mass is 16.3. The van der Waals surface area contributed by atoms with Gasteiger partial charge in [-0.2, -0.15) is 0 Å². The molecule has 0 saturated carbocycles. The molecular formula is C13H18N2O2. The van der Waals surface area contributed by atoms with E-state index >= 15 is 0 Å². The summed E-state index contributed by atoms with van der Waals surface area (Å²) in [5.74, 6) is 0.119. The summed E-state index contributed by atoms with van der Waals surface area (Å²) in [6.45, 7) is 5.55. The van der Waals surface area contributed by atoms with E-state index < -0.39 is 0 Å². The van der Waals surface area contributed by atoms with E-state index in [-0.39, 0.29) is 11.7 Å². The monoisotopic (exact) mass is 234 g/mol. The Morgan fingerprint density at radius 2 is 2.00 bits per heavy atom. The van der Waals surface area contributed by atoms with Crippen molar-refractivity contribution in [2.45, 2.75) is 25.9 Å². The Morgan fingerprint density at radius 1 is 1.35 bits per heavy atom. The summed E-state index contributed by atoms with van der Waals surface area (Å²) in [7, 11) is 0. The molecule has 0 bridgehead atoms. The minimum atomic E-state index is -0.0129. The molecule has 1 heterocycles. The quantitative estimate of drug-likeness (QED) is 0.768. The SMILES string of the molecule is CC1CN(C(=O)c2cccc(O)c2)CC(C)N1. The van der Waals surface area contributed by atoms with Crippen molar-refractivity contribution in [3.63, 3.8) is 0 Å². The van der Waals surface area contributed by atoms with Crippen LogP contribution in [0.4, 0.5) is 0 Å². The van der Waals surface area contributed by atoms with Gasteiger partial charge < -0.3 is 15.3 Å². The first-order valence-corrected chi connectivity index (χ1v) is 5.90. The Labute approximate surface area is 101 Å². The summed E-state index contributed by atoms with van der Waals surface area (Å²) in [6, 6.07) is 7.12. The summed E-state index contributed by atoms with van der Waals surface area (Å²) < 4.78 is 0. The van der Waals surface area contributed by atoms with E-state index in [1.807, 2.05) is 4.90 Å². The lowest BCUT2D eigenvalue weighted by Crippen LogP contribution is -2.55. The number of benzene rings is 1. The van der Waals surface area contributed by atoms with Crippen LogP contribution >= 0.6 is 0 Å². The Morgan fingerprint density at radius 3 is 2.59 bits per heavy atom. The van der Waals surface area contributed by atoms with Crippen LogP contribution < -0.4 is 5.32 Å². The van der Waals surface area contributed by atoms with Gasteiger partial charge in [-0.15, -0.1) is 0 Å². The molecule has 1 aliphatic rings. The van der Waals surface area contributed by atoms with Crippen molar-refractivity contribution in [1.82, 2.24) is 10.2 Å². The van der Waals surface area contributed by atoms with Crippen LogP contribution in [0, 0.1) is 0 Å². The molecule has 1 aromatic carbocycles. The van der Waals surface area contributed by atoms with Crippen LogP contribution in [0.25, 0.3) is 0 Å². The zero-order valence-corrected chi connectivity index (χ0v) is 10.2. The van der Waals surface area contributed by atoms with Crippen molar-refractivity contribution in [1.29, 1.82) is 0 Å². The van der Waals surface area contributed by atoms with Gasteiger partial charge in [0.05, 0.1) is 0 Å². The number of nitrogens with one attached hydrogen (secondary N) is 1. The van der Waals surface area contributed by atoms with Crippen molar-refractivity contribution < 1.29 is 9.90 Å². The number of amides is 1. The van der Waals surface area contributed by atoms with Gasteiger partial charge >= 0.3 is 0 Å². The molecule has 17 heavy (non-hydrogen) atoms. The minimum Gasteiger partial charge on any atom is -0.508 e. The van der Waals surface area contributed by atoms with Gasteiger partial charge in [0.2, 0.25) is 0 Å². The molecule has 2 rings (SSSR count). The minimum absolute atomic E-state index is 0.0129. The molecule has 92 valence electrons. The first-order chi connectivity index (χ1) is 8.06. The molecule has 1 amide bonds. The number of carbonyl (C=O) groups excluding carboxylic acids is 1. The lowest BCUT2D eigenvalue weighted by molar-refractivity contribution is 0.0673. The second kappa shape index (κ2) is 4.75. The van der Waals surface area contributed by atoms with Crippen molar-refractivity contribution in [2.75, 3.05) is 13.1 Å². The van der Waals surface area contributed by atoms with Crippen LogP contribution in [0.2, 0.25) is 0 Å². The lowest BCUT2D eigenvalue weighted by atomic mass is 10.1. The first kappa shape index (κ1) is 11.9. The van der Waals surface area contributed by atoms with E-state index in [0.29, 0.717) is 30.7 Å². The lowest BCUT2D eigenvalue weighted by Gasteiger charge is -2.36. The smallest absolute Gasteiger partial charge is 0.254 e. The van der Waals surface area contributed by atoms with Crippen LogP contribution in [-0.2, 0) is 0 Å². The molecule has 1 saturated heterocycles. The molecule has 2 unspecified atom stereocenters. The van der Waals surface area contributed by atoms with E-state index in [2.05, 4.69) is 19.2 Å². The van der Waals surface area contributed by atoms with Gasteiger partial charge in [-0.1, -0.05) is 6.07 Å². The molecule has 4 nitrogen and oxygen atoms in total. The van der Waals surface area contributed by atoms with Crippen molar-refractivity contribution in [3.8, 4) is 5.75 Å². The fourth-order valence-electron chi connectivity index (χ4n) is 2.31. The number of rotatable bonds is 1. The third-order valence-electron chi connectivity index (χ3n) is 2.94. The van der Waals surface area contributed by atoms with Crippen LogP contribution in [0.1, 0.15) is 24.2 Å². The third kappa shape index (κ3) is 2.77. The Balaban J connectivity index is 2.14. The molecule has 2 N–H and O–H groups in total. The first-order valence-electron chi connectivity index (χ1n) is 5.90. The van der Waals surface area contributed by atoms with E-state index in [9.17, 15) is 9.90 Å². The average molecular weight is 234 g/mol. The highest BCUT2D eigenvalue weighted by molar-refractivity contribution is 5.94. The maximum Gasteiger partial charge on any atom is 0.254 e. The number of aromatic hydroxyl groups is 1. The van der Waals surface area contributed by atoms with Gasteiger partial charge in [-0.25, -0.2) is 0 Å². The highest BCUT2D eigenvalue weighted by Crippen LogP contribution is 2.15. The van der Waals surface area contributed by atoms with Crippen LogP contribution in [0.15, 0.2) is 24.3 Å². The maximum absolute atomic E-state index is 12.2. The molecule has 1 fully saturated rings. The Bertz CT molecular complexity index is 410. The molecular weight excluding hydrogens is 216 g/mol. The Kier molecular flexibility index (Phi) is 3.33. The van der Waals surface area contributed by atoms with Gasteiger partial charge in [0.1, 0.15) is 5.75 Å². The number of nitrogens with zero attached hydrogens (tertiary/aromatic N) is 1. The molecule has 0 aliphatic carbocycles. The maximum atomic E-state index is 12.2. The average Bonchev–Trinajstić information content (AvgIpc) is 2.26. The number of phenolic OH excluding ortho intramolecular Hbond substituents is 1. The topological polar surface area (TPSA) is 52.6 Å². The van der Waals surface area contributed by atoms with Gasteiger partial charge in [0.15, 0.2) is 0 Å². The molecule has 2 atom stereocenters. The Hall–Kier alpha value is -1.55. The number of piperazine rings is 1. The summed E-state index contributed by atoms with van der Waals surface area (Å²) in [4.78, 5) is 14.1. The molecule has 1 aromatic rings. The largest absolute Gasteiger partial charge is 0.508 e. The fraction of sp³-hybridized carbons (Fsp3) is 0.462. The second-order valence-electron chi connectivity index (χ2n) is 4.73. The van der Waals surface area contributed by atoms with Gasteiger partial charge in [-0.3, -0.25) is 4.79 Å². The number of hydrogen-bond acceptors (Lipinski definition) is 3. The molecule has 0 aromatic heterocycles. The van der Waals surface area contributed by atoms with E-state index in [0.717, 1.165) is 0 Å². The van der Waals surface area contributed by atoms with E-state index in [4.69, 9.17) is 0 Å². The van der Waals surface area contributed by atoms with Gasteiger partial charge in [-0.05, 0) is 32.0 Å². The van der Waals surface area contributed by atoms with E-state index in [1.165, 1.54) is 6.07 Å². The predicted octanol–water partition coefficient (Wildman–Crippen LogP) is 1.21. The standard InChI is InChI=1S/C13H18N2O2/c1-9-7-15(8-10(2)14-9)13(17)11-4-3-5-12(16)6-11/h3-6,9-10,14,16H,7-8H2,1-2H3. The van der Waals surface area contributed by atoms with Gasteiger partial charge in [0.25, 0.3) is 5.91 Å². The van der Waals surface area contributed by atoms with Crippen LogP contribution in [-0.4, -0.2) is 41.1 Å². The van der Waals surface area contributed by atoms with Crippen molar-refractivity contribution >= 4 is 5.91 Å². The number of carbonyl (C=O) groups is 1. The van der Waals surface area contributed by atoms with Crippen LogP contribution in [0.3, 0.4) is 0 Å². The van der Waals surface area contributed by atoms with Crippen molar-refractivity contribution in [2.24, 2.45) is 0 Å². The summed E-state index contributed by atoms with van der Waals surface area (Å²) in [5.41, 5.74) is 0.548. The summed E-state index contributed by atoms with van der Waals surface area (Å²) >= 11 is 0. The zero-order chi connectivity index (χ0) is 12.4. The summed E-state index contributed by atoms with van der Waals surface area (Å²) in [5, 5.41) is 12.8. The second-order valence-corrected chi connectivity index (χ2v) is 4.73. The fourth-order valence-corrected chi connectivity index (χ4v) is 2.31. The van der Waals surface area contributed by atoms with Crippen molar-refractivity contribution in [3.05, 3.63) is 29.8 Å². The van der Waals surface area contributed by atoms with Gasteiger partial charge in [0, 0.05) is 30.7 Å². The number of hydrogen-bond donors (Lipinski definition) is 2. The molecule has 4 heteroatoms. The highest BCUT2D eigenvalue weighted by Gasteiger charge is 2.25. The third-order valence-corrected chi connectivity index (χ3v) is 2.94.